The van der Waals surface area contributed by atoms with Crippen LogP contribution in [0, 0.1) is 42.4 Å². The number of hydrogen-bond donors (Lipinski definition) is 7. The Morgan fingerprint density at radius 2 is 0.894 bits per heavy atom. The highest BCUT2D eigenvalue weighted by atomic mass is 32.2. The maximum atomic E-state index is 12.8. The highest BCUT2D eigenvalue weighted by Crippen LogP contribution is 2.35. The van der Waals surface area contributed by atoms with E-state index < -0.39 is 41.7 Å². The smallest absolute Gasteiger partial charge is 0.389 e. The number of nitrogens with one attached hydrogen (secondary N) is 6. The van der Waals surface area contributed by atoms with Crippen LogP contribution in [0.2, 0.25) is 0 Å². The number of rotatable bonds is 11. The van der Waals surface area contributed by atoms with Crippen LogP contribution in [0.3, 0.4) is 0 Å². The average Bonchev–Trinajstić information content (AvgIpc) is 1.37. The molecule has 0 spiro atoms. The Morgan fingerprint density at radius 1 is 0.479 bits per heavy atom. The molecular weight excluding hydrogens is 1260 g/mol. The molecule has 472 valence electrons. The number of ketones is 1. The summed E-state index contributed by atoms with van der Waals surface area (Å²) in [6.45, 7) is 5.29. The molecule has 1 unspecified atom stereocenters. The Kier molecular flexibility index (Phi) is 19.3. The van der Waals surface area contributed by atoms with E-state index in [0.29, 0.717) is 56.6 Å². The number of aryl methyl sites for hydroxylation is 1. The van der Waals surface area contributed by atoms with E-state index in [1.54, 1.807) is 91.4 Å². The number of nitrogens with zero attached hydrogens (tertiary/aromatic N) is 3. The van der Waals surface area contributed by atoms with Gasteiger partial charge in [-0.3, -0.25) is 19.0 Å². The third-order valence-electron chi connectivity index (χ3n) is 13.9. The van der Waals surface area contributed by atoms with E-state index in [4.69, 9.17) is 0 Å². The summed E-state index contributed by atoms with van der Waals surface area (Å²) in [6, 6.07) is 59.2. The second-order valence-corrected chi connectivity index (χ2v) is 26.6. The molecular formula is C71H56F3N9O8S3. The van der Waals surface area contributed by atoms with Gasteiger partial charge >= 0.3 is 15.5 Å². The number of carbonyl (C=O) groups excluding carboxylic acids is 1. The molecule has 0 bridgehead atoms. The van der Waals surface area contributed by atoms with Crippen molar-refractivity contribution in [1.29, 1.82) is 0 Å². The van der Waals surface area contributed by atoms with Gasteiger partial charge in [-0.15, -0.1) is 0 Å². The second-order valence-electron chi connectivity index (χ2n) is 21.4. The highest BCUT2D eigenvalue weighted by molar-refractivity contribution is 7.93. The van der Waals surface area contributed by atoms with E-state index in [9.17, 15) is 48.3 Å². The van der Waals surface area contributed by atoms with Gasteiger partial charge in [0.05, 0.1) is 57.4 Å². The van der Waals surface area contributed by atoms with Crippen LogP contribution in [0.4, 0.5) is 30.2 Å². The summed E-state index contributed by atoms with van der Waals surface area (Å²) in [7, 11) is -12.2. The van der Waals surface area contributed by atoms with Gasteiger partial charge in [0.25, 0.3) is 0 Å². The van der Waals surface area contributed by atoms with Crippen molar-refractivity contribution < 1.29 is 48.3 Å². The van der Waals surface area contributed by atoms with Crippen LogP contribution in [-0.4, -0.2) is 84.1 Å². The lowest BCUT2D eigenvalue weighted by Gasteiger charge is -2.14. The topological polar surface area (TPSA) is 262 Å². The van der Waals surface area contributed by atoms with E-state index in [1.807, 2.05) is 116 Å². The van der Waals surface area contributed by atoms with Crippen LogP contribution in [-0.2, 0) is 30.1 Å². The van der Waals surface area contributed by atoms with Crippen molar-refractivity contribution in [2.24, 2.45) is 0 Å². The highest BCUT2D eigenvalue weighted by Gasteiger charge is 2.46. The minimum Gasteiger partial charge on any atom is -0.389 e. The Bertz CT molecular complexity index is 5420. The van der Waals surface area contributed by atoms with Gasteiger partial charge in [0.15, 0.2) is 23.3 Å². The van der Waals surface area contributed by atoms with Gasteiger partial charge in [0.2, 0.25) is 20.0 Å². The number of aliphatic hydroxyl groups is 1. The molecule has 0 aliphatic carbocycles. The normalized spacial score (nSPS) is 11.7. The summed E-state index contributed by atoms with van der Waals surface area (Å²) in [6.07, 6.45) is 1.65. The maximum Gasteiger partial charge on any atom is 0.516 e. The van der Waals surface area contributed by atoms with Gasteiger partial charge in [0, 0.05) is 39.2 Å². The fourth-order valence-corrected chi connectivity index (χ4v) is 11.4. The van der Waals surface area contributed by atoms with Gasteiger partial charge in [0.1, 0.15) is 0 Å². The molecule has 17 nitrogen and oxygen atoms in total. The maximum absolute atomic E-state index is 12.8. The number of fused-ring (bicyclic) bond motifs is 3. The number of imidazole rings is 3. The number of carbonyl (C=O) groups is 1. The van der Waals surface area contributed by atoms with Crippen LogP contribution >= 0.6 is 0 Å². The van der Waals surface area contributed by atoms with Crippen molar-refractivity contribution in [3.05, 3.63) is 251 Å². The van der Waals surface area contributed by atoms with E-state index in [0.717, 1.165) is 84.6 Å². The number of alkyl halides is 3. The third kappa shape index (κ3) is 17.0. The fraction of sp³-hybridized carbons (Fsp3) is 0.0986. The molecule has 7 N–H and O–H groups in total. The number of aromatic amines is 3. The fourth-order valence-electron chi connectivity index (χ4n) is 9.69. The minimum atomic E-state index is -5.54. The van der Waals surface area contributed by atoms with E-state index in [1.165, 1.54) is 18.2 Å². The van der Waals surface area contributed by atoms with Crippen molar-refractivity contribution >= 4 is 86.0 Å². The van der Waals surface area contributed by atoms with E-state index in [-0.39, 0.29) is 11.5 Å². The van der Waals surface area contributed by atoms with Gasteiger partial charge in [-0.25, -0.2) is 31.8 Å². The van der Waals surface area contributed by atoms with Crippen molar-refractivity contribution in [1.82, 2.24) is 29.9 Å². The zero-order chi connectivity index (χ0) is 67.0. The number of sulfonamides is 3. The van der Waals surface area contributed by atoms with E-state index >= 15 is 0 Å². The SMILES string of the molecule is CC(=O)c1ccccc1-c1ccc2nc(C#Cc3ccc(NS(C)(=O)=O)cc3)[nH]c2c1.CC(O)c1ccccc1-c1ccc2nc(C#Cc3ccc(NS(C)(=O)=O)cc3)[nH]c2c1.Cc1cccc(C#Cc2nc3ccc(-c4ccccc4NS(=O)(=O)C(F)(F)F)cc3[nH]2)c1. The quantitative estimate of drug-likeness (QED) is 0.0473. The first-order valence-corrected chi connectivity index (χ1v) is 33.8. The Morgan fingerprint density at radius 3 is 1.34 bits per heavy atom. The number of H-pyrrole nitrogens is 3. The second kappa shape index (κ2) is 27.7. The van der Waals surface area contributed by atoms with Gasteiger partial charge < -0.3 is 20.1 Å². The molecule has 1 atom stereocenters. The van der Waals surface area contributed by atoms with Crippen molar-refractivity contribution in [3.8, 4) is 68.9 Å². The Labute approximate surface area is 540 Å². The molecule has 0 saturated heterocycles. The Balaban J connectivity index is 0.000000154. The monoisotopic (exact) mass is 1320 g/mol. The zero-order valence-corrected chi connectivity index (χ0v) is 53.1. The first-order valence-electron chi connectivity index (χ1n) is 28.5. The number of anilines is 3. The summed E-state index contributed by atoms with van der Waals surface area (Å²) in [5.74, 6) is 19.6. The average molecular weight is 1320 g/mol. The molecule has 3 heterocycles. The lowest BCUT2D eigenvalue weighted by Crippen LogP contribution is -2.30. The van der Waals surface area contributed by atoms with E-state index in [2.05, 4.69) is 74.9 Å². The molecule has 0 fully saturated rings. The molecule has 0 aliphatic rings. The predicted molar refractivity (Wildman–Crippen MR) is 363 cm³/mol. The summed E-state index contributed by atoms with van der Waals surface area (Å²) in [4.78, 5) is 34.9. The molecule has 0 aliphatic heterocycles. The van der Waals surface area contributed by atoms with Crippen molar-refractivity contribution in [2.75, 3.05) is 26.7 Å². The van der Waals surface area contributed by atoms with Crippen LogP contribution in [0.15, 0.2) is 200 Å². The minimum absolute atomic E-state index is 0.0182. The van der Waals surface area contributed by atoms with Gasteiger partial charge in [-0.2, -0.15) is 21.6 Å². The summed E-state index contributed by atoms with van der Waals surface area (Å²) in [5.41, 5.74) is 9.40. The number of Topliss-reactive ketones (excluding diaryl/α,β-unsaturated/α-hetero) is 1. The predicted octanol–water partition coefficient (Wildman–Crippen LogP) is 13.5. The molecule has 12 rings (SSSR count). The first-order chi connectivity index (χ1) is 44.7. The summed E-state index contributed by atoms with van der Waals surface area (Å²) in [5, 5.41) is 10.1. The van der Waals surface area contributed by atoms with Crippen LogP contribution in [0.1, 0.15) is 75.6 Å². The molecule has 0 amide bonds. The number of hydrogen-bond acceptors (Lipinski definition) is 11. The summed E-state index contributed by atoms with van der Waals surface area (Å²) < 4.78 is 113. The molecule has 0 radical (unpaired) electrons. The van der Waals surface area contributed by atoms with Crippen LogP contribution < -0.4 is 14.2 Å². The van der Waals surface area contributed by atoms with Gasteiger partial charge in [-0.05, 0) is 181 Å². The van der Waals surface area contributed by atoms with Crippen molar-refractivity contribution in [3.63, 3.8) is 0 Å². The number of halogens is 3. The zero-order valence-electron chi connectivity index (χ0n) is 50.6. The lowest BCUT2D eigenvalue weighted by atomic mass is 9.96. The first kappa shape index (κ1) is 65.7. The van der Waals surface area contributed by atoms with Gasteiger partial charge in [-0.1, -0.05) is 115 Å². The van der Waals surface area contributed by atoms with Crippen LogP contribution in [0.25, 0.3) is 66.5 Å². The molecule has 23 heteroatoms. The lowest BCUT2D eigenvalue weighted by molar-refractivity contribution is -0.0429. The molecule has 9 aromatic carbocycles. The molecule has 0 saturated carbocycles. The number of benzene rings is 9. The number of aromatic nitrogens is 6. The van der Waals surface area contributed by atoms with Crippen molar-refractivity contribution in [2.45, 2.75) is 32.4 Å². The molecule has 12 aromatic rings. The number of para-hydroxylation sites is 1. The number of aliphatic hydroxyl groups excluding tert-OH is 1. The Hall–Kier alpha value is -11.3. The molecule has 94 heavy (non-hydrogen) atoms. The third-order valence-corrected chi connectivity index (χ3v) is 16.3. The standard InChI is InChI=1S/C24H21N3O3S.C24H19N3O3S.C23H16F3N3O2S/c2*1-16(28)20-5-3-4-6-21(20)18-10-13-22-23(15-18)26-24(25-22)14-9-17-7-11-19(12-8-17)27-31(2,29)30;1-15-5-4-6-16(13-15)9-12-22-27-20-11-10-17(14-21(20)28-22)18-7-2-3-8-19(18)29-32(30,31)23(24,25)26/h3-8,10-13,15-16,27-28H,1-2H3,(H,25,26);3-8,10-13,15,27H,1-2H3,(H,25,26);2-8,10-11,13-14,29H,1H3,(H,27,28). The molecule has 3 aromatic heterocycles. The summed E-state index contributed by atoms with van der Waals surface area (Å²) >= 11 is 0. The largest absolute Gasteiger partial charge is 0.516 e. The van der Waals surface area contributed by atoms with Crippen LogP contribution in [0.5, 0.6) is 0 Å².